The van der Waals surface area contributed by atoms with E-state index in [0.717, 1.165) is 48.9 Å². The number of rotatable bonds is 9. The van der Waals surface area contributed by atoms with Gasteiger partial charge in [-0.2, -0.15) is 5.10 Å². The van der Waals surface area contributed by atoms with Crippen LogP contribution in [0.15, 0.2) is 12.4 Å². The first kappa shape index (κ1) is 18.2. The summed E-state index contributed by atoms with van der Waals surface area (Å²) < 4.78 is 7.04. The number of anilines is 1. The molecule has 2 rings (SSSR count). The van der Waals surface area contributed by atoms with Crippen LogP contribution in [0, 0.1) is 0 Å². The zero-order valence-corrected chi connectivity index (χ0v) is 15.1. The highest BCUT2D eigenvalue weighted by Crippen LogP contribution is 2.28. The fourth-order valence-corrected chi connectivity index (χ4v) is 2.97. The lowest BCUT2D eigenvalue weighted by atomic mass is 10.0. The zero-order chi connectivity index (χ0) is 17.5. The van der Waals surface area contributed by atoms with Crippen LogP contribution in [0.4, 0.5) is 5.69 Å². The van der Waals surface area contributed by atoms with Gasteiger partial charge in [0.1, 0.15) is 5.56 Å². The highest BCUT2D eigenvalue weighted by atomic mass is 16.5. The lowest BCUT2D eigenvalue weighted by molar-refractivity contribution is 0.0527. The minimum Gasteiger partial charge on any atom is -0.462 e. The number of ether oxygens (including phenoxy) is 1. The summed E-state index contributed by atoms with van der Waals surface area (Å²) in [5.41, 5.74) is 2.07. The van der Waals surface area contributed by atoms with Crippen LogP contribution in [0.25, 0.3) is 11.0 Å². The molecule has 0 fully saturated rings. The third-order valence-electron chi connectivity index (χ3n) is 4.08. The molecule has 0 saturated heterocycles. The average Bonchev–Trinajstić information content (AvgIpc) is 2.99. The van der Waals surface area contributed by atoms with Crippen molar-refractivity contribution in [2.45, 2.75) is 66.0 Å². The second-order valence-electron chi connectivity index (χ2n) is 5.88. The van der Waals surface area contributed by atoms with E-state index in [0.29, 0.717) is 18.2 Å². The third-order valence-corrected chi connectivity index (χ3v) is 4.08. The first-order chi connectivity index (χ1) is 11.7. The van der Waals surface area contributed by atoms with Gasteiger partial charge in [-0.05, 0) is 26.7 Å². The van der Waals surface area contributed by atoms with Crippen molar-refractivity contribution in [1.29, 1.82) is 0 Å². The number of hydrogen-bond acceptors (Lipinski definition) is 5. The fourth-order valence-electron chi connectivity index (χ4n) is 2.97. The molecule has 2 aromatic rings. The van der Waals surface area contributed by atoms with Gasteiger partial charge < -0.3 is 10.1 Å². The minimum absolute atomic E-state index is 0.323. The summed E-state index contributed by atoms with van der Waals surface area (Å²) in [5, 5.41) is 8.83. The molecule has 6 heteroatoms. The molecule has 0 atom stereocenters. The van der Waals surface area contributed by atoms with Gasteiger partial charge in [-0.25, -0.2) is 14.5 Å². The topological polar surface area (TPSA) is 69.0 Å². The fraction of sp³-hybridized carbons (Fsp3) is 0.611. The van der Waals surface area contributed by atoms with E-state index in [9.17, 15) is 4.79 Å². The molecule has 6 nitrogen and oxygen atoms in total. The molecular weight excluding hydrogens is 304 g/mol. The Bertz CT molecular complexity index is 675. The maximum Gasteiger partial charge on any atom is 0.341 e. The summed E-state index contributed by atoms with van der Waals surface area (Å²) in [5.74, 6) is -0.342. The van der Waals surface area contributed by atoms with E-state index in [2.05, 4.69) is 29.2 Å². The Morgan fingerprint density at radius 3 is 2.50 bits per heavy atom. The van der Waals surface area contributed by atoms with Crippen molar-refractivity contribution in [3.8, 4) is 0 Å². The van der Waals surface area contributed by atoms with Gasteiger partial charge in [-0.15, -0.1) is 0 Å². The van der Waals surface area contributed by atoms with Crippen molar-refractivity contribution >= 4 is 22.7 Å². The number of carbonyl (C=O) groups excluding carboxylic acids is 1. The molecule has 24 heavy (non-hydrogen) atoms. The molecule has 0 bridgehead atoms. The van der Waals surface area contributed by atoms with E-state index in [1.165, 1.54) is 0 Å². The molecule has 0 unspecified atom stereocenters. The molecule has 1 N–H and O–H groups in total. The number of aryl methyl sites for hydroxylation is 1. The molecule has 0 aliphatic rings. The van der Waals surface area contributed by atoms with E-state index < -0.39 is 0 Å². The van der Waals surface area contributed by atoms with Crippen LogP contribution >= 0.6 is 0 Å². The van der Waals surface area contributed by atoms with Gasteiger partial charge in [0.15, 0.2) is 5.65 Å². The predicted octanol–water partition coefficient (Wildman–Crippen LogP) is 4.01. The Hall–Kier alpha value is -2.11. The summed E-state index contributed by atoms with van der Waals surface area (Å²) in [4.78, 5) is 16.8. The van der Waals surface area contributed by atoms with E-state index in [-0.39, 0.29) is 5.97 Å². The van der Waals surface area contributed by atoms with E-state index in [1.54, 1.807) is 12.4 Å². The van der Waals surface area contributed by atoms with Crippen molar-refractivity contribution in [3.63, 3.8) is 0 Å². The Labute approximate surface area is 143 Å². The molecule has 0 aromatic carbocycles. The van der Waals surface area contributed by atoms with E-state index in [1.807, 2.05) is 18.5 Å². The molecule has 0 amide bonds. The summed E-state index contributed by atoms with van der Waals surface area (Å²) in [6.07, 6.45) is 7.69. The average molecular weight is 332 g/mol. The van der Waals surface area contributed by atoms with Crippen molar-refractivity contribution in [2.75, 3.05) is 11.9 Å². The second kappa shape index (κ2) is 8.66. The molecule has 0 spiro atoms. The number of nitrogens with one attached hydrogen (secondary N) is 1. The standard InChI is InChI=1S/C18H28N4O2/c1-5-9-13(10-6-2)21-16-14-12-20-22(7-3)17(14)19-11-15(16)18(23)24-8-4/h11-13H,5-10H2,1-4H3,(H,19,21). The van der Waals surface area contributed by atoms with Gasteiger partial charge in [0.2, 0.25) is 0 Å². The van der Waals surface area contributed by atoms with Crippen LogP contribution < -0.4 is 5.32 Å². The number of hydrogen-bond donors (Lipinski definition) is 1. The van der Waals surface area contributed by atoms with E-state index >= 15 is 0 Å². The van der Waals surface area contributed by atoms with Gasteiger partial charge in [0.05, 0.1) is 23.9 Å². The number of fused-ring (bicyclic) bond motifs is 1. The van der Waals surface area contributed by atoms with Crippen LogP contribution in [0.5, 0.6) is 0 Å². The van der Waals surface area contributed by atoms with Gasteiger partial charge in [-0.3, -0.25) is 0 Å². The molecule has 0 radical (unpaired) electrons. The maximum absolute atomic E-state index is 12.4. The van der Waals surface area contributed by atoms with Gasteiger partial charge >= 0.3 is 5.97 Å². The first-order valence-electron chi connectivity index (χ1n) is 8.94. The molecule has 2 heterocycles. The number of pyridine rings is 1. The number of aromatic nitrogens is 3. The molecular formula is C18H28N4O2. The van der Waals surface area contributed by atoms with Crippen molar-refractivity contribution in [1.82, 2.24) is 14.8 Å². The second-order valence-corrected chi connectivity index (χ2v) is 5.88. The SMILES string of the molecule is CCCC(CCC)Nc1c(C(=O)OCC)cnc2c1cnn2CC. The number of esters is 1. The van der Waals surface area contributed by atoms with Crippen molar-refractivity contribution in [2.24, 2.45) is 0 Å². The summed E-state index contributed by atoms with van der Waals surface area (Å²) >= 11 is 0. The maximum atomic E-state index is 12.4. The number of carbonyl (C=O) groups is 1. The highest BCUT2D eigenvalue weighted by molar-refractivity contribution is 6.04. The highest BCUT2D eigenvalue weighted by Gasteiger charge is 2.21. The third kappa shape index (κ3) is 3.86. The smallest absolute Gasteiger partial charge is 0.341 e. The van der Waals surface area contributed by atoms with Crippen LogP contribution in [-0.4, -0.2) is 33.4 Å². The molecule has 0 saturated carbocycles. The Kier molecular flexibility index (Phi) is 6.58. The summed E-state index contributed by atoms with van der Waals surface area (Å²) in [6.45, 7) is 9.27. The predicted molar refractivity (Wildman–Crippen MR) is 96.4 cm³/mol. The monoisotopic (exact) mass is 332 g/mol. The van der Waals surface area contributed by atoms with Crippen LogP contribution in [0.2, 0.25) is 0 Å². The summed E-state index contributed by atoms with van der Waals surface area (Å²) in [7, 11) is 0. The van der Waals surface area contributed by atoms with Crippen LogP contribution in [0.1, 0.15) is 63.7 Å². The Morgan fingerprint density at radius 1 is 1.21 bits per heavy atom. The summed E-state index contributed by atoms with van der Waals surface area (Å²) in [6, 6.07) is 0.323. The van der Waals surface area contributed by atoms with Crippen molar-refractivity contribution in [3.05, 3.63) is 18.0 Å². The molecule has 0 aliphatic heterocycles. The number of nitrogens with zero attached hydrogens (tertiary/aromatic N) is 3. The van der Waals surface area contributed by atoms with Crippen molar-refractivity contribution < 1.29 is 9.53 Å². The zero-order valence-electron chi connectivity index (χ0n) is 15.1. The lowest BCUT2D eigenvalue weighted by Gasteiger charge is -2.21. The van der Waals surface area contributed by atoms with Gasteiger partial charge in [0.25, 0.3) is 0 Å². The normalized spacial score (nSPS) is 11.2. The minimum atomic E-state index is -0.342. The molecule has 2 aromatic heterocycles. The Morgan fingerprint density at radius 2 is 1.92 bits per heavy atom. The molecule has 0 aliphatic carbocycles. The molecule has 132 valence electrons. The quantitative estimate of drug-likeness (QED) is 0.703. The first-order valence-corrected chi connectivity index (χ1v) is 8.94. The van der Waals surface area contributed by atoms with Gasteiger partial charge in [-0.1, -0.05) is 26.7 Å². The largest absolute Gasteiger partial charge is 0.462 e. The lowest BCUT2D eigenvalue weighted by Crippen LogP contribution is -2.21. The van der Waals surface area contributed by atoms with Crippen LogP contribution in [-0.2, 0) is 11.3 Å². The van der Waals surface area contributed by atoms with E-state index in [4.69, 9.17) is 4.74 Å². The van der Waals surface area contributed by atoms with Crippen LogP contribution in [0.3, 0.4) is 0 Å². The Balaban J connectivity index is 2.50. The van der Waals surface area contributed by atoms with Gasteiger partial charge in [0, 0.05) is 18.8 Å².